The number of amides is 2. The molecule has 3 rings (SSSR count). The van der Waals surface area contributed by atoms with Crippen molar-refractivity contribution >= 4 is 6.03 Å². The minimum Gasteiger partial charge on any atom is -0.388 e. The van der Waals surface area contributed by atoms with Crippen LogP contribution >= 0.6 is 0 Å². The molecule has 0 unspecified atom stereocenters. The lowest BCUT2D eigenvalue weighted by molar-refractivity contribution is 0.0501. The van der Waals surface area contributed by atoms with Gasteiger partial charge in [0, 0.05) is 24.8 Å². The van der Waals surface area contributed by atoms with E-state index in [2.05, 4.69) is 27.9 Å². The number of aliphatic hydroxyl groups is 1. The zero-order chi connectivity index (χ0) is 16.8. The standard InChI is InChI=1S/C18H24N4O2/c23-17(20-14-18(24)8-4-5-9-18)19-10-16-11-21-22(13-16)12-15-6-2-1-3-7-15/h1-3,6-7,11,13,24H,4-5,8-10,12,14H2,(H2,19,20,23). The average Bonchev–Trinajstić information content (AvgIpc) is 3.22. The summed E-state index contributed by atoms with van der Waals surface area (Å²) >= 11 is 0. The summed E-state index contributed by atoms with van der Waals surface area (Å²) in [5, 5.41) is 20.1. The Morgan fingerprint density at radius 2 is 1.92 bits per heavy atom. The molecule has 1 fully saturated rings. The number of nitrogens with zero attached hydrogens (tertiary/aromatic N) is 2. The van der Waals surface area contributed by atoms with E-state index >= 15 is 0 Å². The molecule has 0 saturated heterocycles. The predicted octanol–water partition coefficient (Wildman–Crippen LogP) is 2.04. The molecule has 0 atom stereocenters. The second-order valence-electron chi connectivity index (χ2n) is 6.50. The van der Waals surface area contributed by atoms with Crippen LogP contribution < -0.4 is 10.6 Å². The Labute approximate surface area is 141 Å². The minimum atomic E-state index is -0.724. The summed E-state index contributed by atoms with van der Waals surface area (Å²) in [6.45, 7) is 1.44. The second-order valence-corrected chi connectivity index (χ2v) is 6.50. The SMILES string of the molecule is O=C(NCc1cnn(Cc2ccccc2)c1)NCC1(O)CCCC1. The maximum absolute atomic E-state index is 11.9. The topological polar surface area (TPSA) is 79.2 Å². The molecule has 1 saturated carbocycles. The number of carbonyl (C=O) groups is 1. The lowest BCUT2D eigenvalue weighted by Crippen LogP contribution is -2.44. The molecule has 1 aromatic heterocycles. The zero-order valence-electron chi connectivity index (χ0n) is 13.7. The highest BCUT2D eigenvalue weighted by atomic mass is 16.3. The fourth-order valence-electron chi connectivity index (χ4n) is 3.05. The third-order valence-corrected chi connectivity index (χ3v) is 4.44. The number of urea groups is 1. The highest BCUT2D eigenvalue weighted by molar-refractivity contribution is 5.73. The van der Waals surface area contributed by atoms with Gasteiger partial charge in [0.15, 0.2) is 0 Å². The maximum Gasteiger partial charge on any atom is 0.315 e. The summed E-state index contributed by atoms with van der Waals surface area (Å²) in [5.41, 5.74) is 1.40. The fraction of sp³-hybridized carbons (Fsp3) is 0.444. The van der Waals surface area contributed by atoms with Gasteiger partial charge in [-0.05, 0) is 18.4 Å². The minimum absolute atomic E-state index is 0.258. The zero-order valence-corrected chi connectivity index (χ0v) is 13.7. The lowest BCUT2D eigenvalue weighted by Gasteiger charge is -2.22. The van der Waals surface area contributed by atoms with Crippen molar-refractivity contribution in [2.75, 3.05) is 6.54 Å². The Morgan fingerprint density at radius 1 is 1.17 bits per heavy atom. The van der Waals surface area contributed by atoms with E-state index in [9.17, 15) is 9.90 Å². The Kier molecular flexibility index (Phi) is 5.15. The van der Waals surface area contributed by atoms with Crippen molar-refractivity contribution in [2.24, 2.45) is 0 Å². The van der Waals surface area contributed by atoms with Crippen molar-refractivity contribution in [3.05, 3.63) is 53.9 Å². The van der Waals surface area contributed by atoms with Crippen molar-refractivity contribution in [2.45, 2.75) is 44.4 Å². The largest absolute Gasteiger partial charge is 0.388 e. The molecule has 0 spiro atoms. The van der Waals surface area contributed by atoms with Gasteiger partial charge >= 0.3 is 6.03 Å². The first-order chi connectivity index (χ1) is 11.6. The molecular weight excluding hydrogens is 304 g/mol. The van der Waals surface area contributed by atoms with Crippen LogP contribution in [0.5, 0.6) is 0 Å². The predicted molar refractivity (Wildman–Crippen MR) is 91.4 cm³/mol. The number of hydrogen-bond donors (Lipinski definition) is 3. The third-order valence-electron chi connectivity index (χ3n) is 4.44. The molecule has 0 bridgehead atoms. The van der Waals surface area contributed by atoms with E-state index in [1.165, 1.54) is 5.56 Å². The summed E-state index contributed by atoms with van der Waals surface area (Å²) in [6, 6.07) is 9.85. The van der Waals surface area contributed by atoms with Gasteiger partial charge in [-0.2, -0.15) is 5.10 Å². The monoisotopic (exact) mass is 328 g/mol. The van der Waals surface area contributed by atoms with Crippen LogP contribution in [-0.4, -0.2) is 33.1 Å². The summed E-state index contributed by atoms with van der Waals surface area (Å²) in [5.74, 6) is 0. The molecule has 1 heterocycles. The molecule has 3 N–H and O–H groups in total. The number of aromatic nitrogens is 2. The summed E-state index contributed by atoms with van der Waals surface area (Å²) in [4.78, 5) is 11.9. The van der Waals surface area contributed by atoms with Crippen molar-refractivity contribution in [3.8, 4) is 0 Å². The first-order valence-electron chi connectivity index (χ1n) is 8.42. The van der Waals surface area contributed by atoms with Gasteiger partial charge in [-0.3, -0.25) is 4.68 Å². The lowest BCUT2D eigenvalue weighted by atomic mass is 10.0. The number of benzene rings is 1. The van der Waals surface area contributed by atoms with E-state index in [4.69, 9.17) is 0 Å². The van der Waals surface area contributed by atoms with Crippen LogP contribution in [0.4, 0.5) is 4.79 Å². The fourth-order valence-corrected chi connectivity index (χ4v) is 3.05. The Morgan fingerprint density at radius 3 is 2.67 bits per heavy atom. The van der Waals surface area contributed by atoms with Crippen LogP contribution in [0.3, 0.4) is 0 Å². The van der Waals surface area contributed by atoms with Crippen molar-refractivity contribution in [1.29, 1.82) is 0 Å². The van der Waals surface area contributed by atoms with E-state index in [0.717, 1.165) is 31.2 Å². The average molecular weight is 328 g/mol. The summed E-state index contributed by atoms with van der Waals surface area (Å²) in [7, 11) is 0. The normalized spacial score (nSPS) is 16.0. The van der Waals surface area contributed by atoms with E-state index in [1.54, 1.807) is 6.20 Å². The highest BCUT2D eigenvalue weighted by Crippen LogP contribution is 2.28. The molecular formula is C18H24N4O2. The first kappa shape index (κ1) is 16.5. The molecule has 1 aliphatic rings. The smallest absolute Gasteiger partial charge is 0.315 e. The van der Waals surface area contributed by atoms with Gasteiger partial charge in [0.25, 0.3) is 0 Å². The van der Waals surface area contributed by atoms with Crippen molar-refractivity contribution in [1.82, 2.24) is 20.4 Å². The molecule has 0 radical (unpaired) electrons. The van der Waals surface area contributed by atoms with Gasteiger partial charge in [0.05, 0.1) is 18.3 Å². The number of carbonyl (C=O) groups excluding carboxylic acids is 1. The van der Waals surface area contributed by atoms with Gasteiger partial charge in [-0.15, -0.1) is 0 Å². The molecule has 6 heteroatoms. The van der Waals surface area contributed by atoms with Gasteiger partial charge < -0.3 is 15.7 Å². The van der Waals surface area contributed by atoms with Gasteiger partial charge in [-0.25, -0.2) is 4.79 Å². The van der Waals surface area contributed by atoms with Crippen LogP contribution in [0.25, 0.3) is 0 Å². The van der Waals surface area contributed by atoms with Crippen LogP contribution in [0, 0.1) is 0 Å². The molecule has 24 heavy (non-hydrogen) atoms. The molecule has 6 nitrogen and oxygen atoms in total. The molecule has 0 aliphatic heterocycles. The molecule has 2 aromatic rings. The highest BCUT2D eigenvalue weighted by Gasteiger charge is 2.31. The summed E-state index contributed by atoms with van der Waals surface area (Å²) < 4.78 is 1.85. The van der Waals surface area contributed by atoms with Crippen LogP contribution in [0.15, 0.2) is 42.7 Å². The van der Waals surface area contributed by atoms with Crippen molar-refractivity contribution < 1.29 is 9.90 Å². The Hall–Kier alpha value is -2.34. The number of hydrogen-bond acceptors (Lipinski definition) is 3. The molecule has 1 aliphatic carbocycles. The van der Waals surface area contributed by atoms with E-state index in [0.29, 0.717) is 19.6 Å². The van der Waals surface area contributed by atoms with E-state index < -0.39 is 5.60 Å². The number of nitrogens with one attached hydrogen (secondary N) is 2. The molecule has 1 aromatic carbocycles. The Bertz CT molecular complexity index is 663. The van der Waals surface area contributed by atoms with E-state index in [-0.39, 0.29) is 6.03 Å². The van der Waals surface area contributed by atoms with Gasteiger partial charge in [-0.1, -0.05) is 43.2 Å². The third kappa shape index (κ3) is 4.58. The Balaban J connectivity index is 1.42. The van der Waals surface area contributed by atoms with Crippen LogP contribution in [0.1, 0.15) is 36.8 Å². The quantitative estimate of drug-likeness (QED) is 0.759. The van der Waals surface area contributed by atoms with Crippen LogP contribution in [-0.2, 0) is 13.1 Å². The van der Waals surface area contributed by atoms with E-state index in [1.807, 2.05) is 29.1 Å². The van der Waals surface area contributed by atoms with Gasteiger partial charge in [0.1, 0.15) is 0 Å². The van der Waals surface area contributed by atoms with Gasteiger partial charge in [0.2, 0.25) is 0 Å². The second kappa shape index (κ2) is 7.49. The maximum atomic E-state index is 11.9. The van der Waals surface area contributed by atoms with Crippen LogP contribution in [0.2, 0.25) is 0 Å². The number of rotatable bonds is 6. The summed E-state index contributed by atoms with van der Waals surface area (Å²) in [6.07, 6.45) is 7.27. The molecule has 128 valence electrons. The molecule has 2 amide bonds. The van der Waals surface area contributed by atoms with Crippen molar-refractivity contribution in [3.63, 3.8) is 0 Å². The first-order valence-corrected chi connectivity index (χ1v) is 8.42.